The zero-order valence-electron chi connectivity index (χ0n) is 13.2. The minimum absolute atomic E-state index is 0.204. The van der Waals surface area contributed by atoms with Crippen LogP contribution >= 0.6 is 23.2 Å². The van der Waals surface area contributed by atoms with Crippen molar-refractivity contribution in [3.63, 3.8) is 0 Å². The number of rotatable bonds is 10. The molecule has 1 unspecified atom stereocenters. The summed E-state index contributed by atoms with van der Waals surface area (Å²) in [5.74, 6) is 1.66. The second-order valence-electron chi connectivity index (χ2n) is 5.79. The maximum absolute atomic E-state index is 7.29. The average molecular weight is 357 g/mol. The molecule has 2 rings (SSSR count). The molecule has 0 amide bonds. The SMILES string of the molecule is COc1c(OC(CC=N)CCC=N)cc(Cl)c(CC2CC2)c1Cl. The maximum atomic E-state index is 7.29. The fourth-order valence-corrected chi connectivity index (χ4v) is 3.17. The van der Waals surface area contributed by atoms with Crippen LogP contribution in [0.1, 0.15) is 37.7 Å². The smallest absolute Gasteiger partial charge is 0.179 e. The lowest BCUT2D eigenvalue weighted by Crippen LogP contribution is -2.18. The zero-order chi connectivity index (χ0) is 16.8. The minimum Gasteiger partial charge on any atom is -0.491 e. The van der Waals surface area contributed by atoms with Crippen LogP contribution in [-0.2, 0) is 6.42 Å². The number of methoxy groups -OCH3 is 1. The van der Waals surface area contributed by atoms with Gasteiger partial charge in [0.1, 0.15) is 6.10 Å². The lowest BCUT2D eigenvalue weighted by Gasteiger charge is -2.21. The van der Waals surface area contributed by atoms with Gasteiger partial charge in [0.15, 0.2) is 11.5 Å². The van der Waals surface area contributed by atoms with Crippen molar-refractivity contribution in [1.29, 1.82) is 10.8 Å². The minimum atomic E-state index is -0.204. The fraction of sp³-hybridized carbons (Fsp3) is 0.529. The fourth-order valence-electron chi connectivity index (χ4n) is 2.50. The van der Waals surface area contributed by atoms with Crippen molar-refractivity contribution < 1.29 is 9.47 Å². The zero-order valence-corrected chi connectivity index (χ0v) is 14.7. The van der Waals surface area contributed by atoms with Crippen LogP contribution in [0.3, 0.4) is 0 Å². The van der Waals surface area contributed by atoms with Gasteiger partial charge in [-0.2, -0.15) is 0 Å². The number of hydrogen-bond donors (Lipinski definition) is 2. The third-order valence-electron chi connectivity index (χ3n) is 3.94. The quantitative estimate of drug-likeness (QED) is 0.567. The summed E-state index contributed by atoms with van der Waals surface area (Å²) in [6, 6.07) is 1.76. The van der Waals surface area contributed by atoms with Gasteiger partial charge in [0.25, 0.3) is 0 Å². The second-order valence-corrected chi connectivity index (χ2v) is 6.58. The van der Waals surface area contributed by atoms with Gasteiger partial charge in [0, 0.05) is 17.5 Å². The van der Waals surface area contributed by atoms with E-state index in [1.165, 1.54) is 25.3 Å². The van der Waals surface area contributed by atoms with Crippen molar-refractivity contribution in [3.8, 4) is 11.5 Å². The van der Waals surface area contributed by atoms with Gasteiger partial charge in [-0.25, -0.2) is 0 Å². The summed E-state index contributed by atoms with van der Waals surface area (Å²) in [6.07, 6.45) is 7.48. The van der Waals surface area contributed by atoms with Crippen LogP contribution in [0.25, 0.3) is 0 Å². The molecule has 0 saturated heterocycles. The van der Waals surface area contributed by atoms with E-state index in [0.29, 0.717) is 46.7 Å². The summed E-state index contributed by atoms with van der Waals surface area (Å²) < 4.78 is 11.4. The molecule has 1 fully saturated rings. The number of nitrogens with one attached hydrogen (secondary N) is 2. The van der Waals surface area contributed by atoms with E-state index < -0.39 is 0 Å². The van der Waals surface area contributed by atoms with Crippen LogP contribution in [0, 0.1) is 16.7 Å². The predicted octanol–water partition coefficient (Wildman–Crippen LogP) is 5.17. The summed E-state index contributed by atoms with van der Waals surface area (Å²) in [6.45, 7) is 0. The number of hydrogen-bond acceptors (Lipinski definition) is 4. The third-order valence-corrected chi connectivity index (χ3v) is 4.67. The van der Waals surface area contributed by atoms with Crippen LogP contribution in [0.2, 0.25) is 10.0 Å². The molecule has 1 saturated carbocycles. The number of ether oxygens (including phenoxy) is 2. The van der Waals surface area contributed by atoms with Crippen LogP contribution in [0.5, 0.6) is 11.5 Å². The summed E-state index contributed by atoms with van der Waals surface area (Å²) in [7, 11) is 1.56. The second kappa shape index (κ2) is 8.55. The summed E-state index contributed by atoms with van der Waals surface area (Å²) >= 11 is 12.9. The molecule has 6 heteroatoms. The molecule has 0 aromatic heterocycles. The highest BCUT2D eigenvalue weighted by Gasteiger charge is 2.27. The highest BCUT2D eigenvalue weighted by molar-refractivity contribution is 6.37. The molecule has 0 spiro atoms. The monoisotopic (exact) mass is 356 g/mol. The van der Waals surface area contributed by atoms with Crippen molar-refractivity contribution in [2.75, 3.05) is 7.11 Å². The summed E-state index contributed by atoms with van der Waals surface area (Å²) in [5.41, 5.74) is 0.920. The van der Waals surface area contributed by atoms with E-state index in [9.17, 15) is 0 Å². The third kappa shape index (κ3) is 4.85. The van der Waals surface area contributed by atoms with Crippen LogP contribution < -0.4 is 9.47 Å². The molecule has 1 aliphatic rings. The molecule has 0 heterocycles. The largest absolute Gasteiger partial charge is 0.491 e. The molecule has 2 N–H and O–H groups in total. The van der Waals surface area contributed by atoms with E-state index in [1.807, 2.05) is 0 Å². The predicted molar refractivity (Wildman–Crippen MR) is 95.3 cm³/mol. The number of benzene rings is 1. The number of halogens is 2. The molecule has 126 valence electrons. The van der Waals surface area contributed by atoms with Crippen molar-refractivity contribution >= 4 is 35.6 Å². The topological polar surface area (TPSA) is 66.2 Å². The molecule has 1 aromatic carbocycles. The van der Waals surface area contributed by atoms with Gasteiger partial charge in [0.2, 0.25) is 0 Å². The first kappa shape index (κ1) is 18.1. The van der Waals surface area contributed by atoms with Gasteiger partial charge < -0.3 is 20.3 Å². The standard InChI is InChI=1S/C17H22Cl2N2O2/c1-22-17-15(23-12(6-8-21)3-2-7-20)10-14(18)13(16(17)19)9-11-4-5-11/h7-8,10-12,20-21H,2-6,9H2,1H3. The Bertz CT molecular complexity index is 574. The Morgan fingerprint density at radius 3 is 2.61 bits per heavy atom. The van der Waals surface area contributed by atoms with E-state index >= 15 is 0 Å². The lowest BCUT2D eigenvalue weighted by atomic mass is 10.1. The van der Waals surface area contributed by atoms with Gasteiger partial charge in [-0.15, -0.1) is 0 Å². The normalized spacial score (nSPS) is 15.1. The Labute approximate surface area is 147 Å². The van der Waals surface area contributed by atoms with Gasteiger partial charge in [-0.1, -0.05) is 23.2 Å². The van der Waals surface area contributed by atoms with E-state index in [-0.39, 0.29) is 6.10 Å². The van der Waals surface area contributed by atoms with Gasteiger partial charge in [-0.3, -0.25) is 0 Å². The molecule has 4 nitrogen and oxygen atoms in total. The molecule has 1 atom stereocenters. The Hall–Kier alpha value is -1.26. The van der Waals surface area contributed by atoms with Gasteiger partial charge in [0.05, 0.1) is 12.1 Å². The van der Waals surface area contributed by atoms with Gasteiger partial charge in [-0.05, 0) is 56.0 Å². The van der Waals surface area contributed by atoms with Crippen LogP contribution in [-0.4, -0.2) is 25.6 Å². The van der Waals surface area contributed by atoms with E-state index in [1.54, 1.807) is 13.2 Å². The Balaban J connectivity index is 2.25. The molecule has 0 bridgehead atoms. The molecular weight excluding hydrogens is 335 g/mol. The molecule has 0 aliphatic heterocycles. The lowest BCUT2D eigenvalue weighted by molar-refractivity contribution is 0.194. The van der Waals surface area contributed by atoms with E-state index in [0.717, 1.165) is 12.0 Å². The van der Waals surface area contributed by atoms with Gasteiger partial charge >= 0.3 is 0 Å². The van der Waals surface area contributed by atoms with Crippen LogP contribution in [0.15, 0.2) is 6.07 Å². The first-order chi connectivity index (χ1) is 11.1. The highest BCUT2D eigenvalue weighted by Crippen LogP contribution is 2.45. The summed E-state index contributed by atoms with van der Waals surface area (Å²) in [4.78, 5) is 0. The Morgan fingerprint density at radius 1 is 1.30 bits per heavy atom. The van der Waals surface area contributed by atoms with Crippen molar-refractivity contribution in [2.24, 2.45) is 5.92 Å². The first-order valence-corrected chi connectivity index (χ1v) is 8.55. The average Bonchev–Trinajstić information content (AvgIpc) is 3.33. The molecule has 1 aromatic rings. The van der Waals surface area contributed by atoms with Crippen molar-refractivity contribution in [3.05, 3.63) is 21.7 Å². The van der Waals surface area contributed by atoms with Crippen molar-refractivity contribution in [2.45, 2.75) is 44.6 Å². The van der Waals surface area contributed by atoms with Crippen LogP contribution in [0.4, 0.5) is 0 Å². The van der Waals surface area contributed by atoms with E-state index in [4.69, 9.17) is 43.5 Å². The maximum Gasteiger partial charge on any atom is 0.179 e. The molecular formula is C17H22Cl2N2O2. The first-order valence-electron chi connectivity index (χ1n) is 7.80. The Kier molecular flexibility index (Phi) is 6.72. The molecule has 0 radical (unpaired) electrons. The van der Waals surface area contributed by atoms with E-state index in [2.05, 4.69) is 0 Å². The highest BCUT2D eigenvalue weighted by atomic mass is 35.5. The molecule has 1 aliphatic carbocycles. The molecule has 23 heavy (non-hydrogen) atoms. The van der Waals surface area contributed by atoms with Crippen molar-refractivity contribution in [1.82, 2.24) is 0 Å². The Morgan fingerprint density at radius 2 is 2.04 bits per heavy atom. The summed E-state index contributed by atoms with van der Waals surface area (Å²) in [5, 5.41) is 15.6.